The van der Waals surface area contributed by atoms with E-state index >= 15 is 0 Å². The van der Waals surface area contributed by atoms with Gasteiger partial charge in [0.05, 0.1) is 28.4 Å². The number of carbonyl (C=O) groups excluding carboxylic acids is 1. The Bertz CT molecular complexity index is 1570. The van der Waals surface area contributed by atoms with Gasteiger partial charge in [0.1, 0.15) is 11.5 Å². The van der Waals surface area contributed by atoms with Crippen molar-refractivity contribution in [3.05, 3.63) is 103 Å². The molecule has 0 spiro atoms. The molecule has 6 nitrogen and oxygen atoms in total. The smallest absolute Gasteiger partial charge is 0.256 e. The number of carbonyl (C=O) groups is 1. The van der Waals surface area contributed by atoms with Gasteiger partial charge >= 0.3 is 0 Å². The maximum absolute atomic E-state index is 13.2. The zero-order valence-corrected chi connectivity index (χ0v) is 17.4. The highest BCUT2D eigenvalue weighted by Gasteiger charge is 2.15. The van der Waals surface area contributed by atoms with Gasteiger partial charge in [-0.2, -0.15) is 0 Å². The number of anilines is 1. The van der Waals surface area contributed by atoms with Crippen LogP contribution in [0.1, 0.15) is 10.4 Å². The Morgan fingerprint density at radius 1 is 0.818 bits per heavy atom. The van der Waals surface area contributed by atoms with E-state index in [-0.39, 0.29) is 5.91 Å². The number of nitrogens with one attached hydrogen (secondary N) is 2. The first kappa shape index (κ1) is 19.0. The lowest BCUT2D eigenvalue weighted by Gasteiger charge is -2.10. The van der Waals surface area contributed by atoms with Crippen LogP contribution in [0.5, 0.6) is 0 Å². The molecule has 0 bridgehead atoms. The average molecular weight is 430 g/mol. The predicted octanol–water partition coefficient (Wildman–Crippen LogP) is 6.29. The number of furan rings is 1. The fourth-order valence-electron chi connectivity index (χ4n) is 3.91. The molecular weight excluding hydrogens is 412 g/mol. The number of aromatic nitrogens is 3. The van der Waals surface area contributed by atoms with Crippen molar-refractivity contribution in [2.24, 2.45) is 0 Å². The molecule has 6 aromatic rings. The maximum Gasteiger partial charge on any atom is 0.256 e. The molecule has 0 radical (unpaired) electrons. The molecule has 1 amide bonds. The van der Waals surface area contributed by atoms with E-state index in [0.29, 0.717) is 22.7 Å². The number of fused-ring (bicyclic) bond motifs is 2. The molecule has 2 N–H and O–H groups in total. The quantitative estimate of drug-likeness (QED) is 0.344. The summed E-state index contributed by atoms with van der Waals surface area (Å²) in [6.07, 6.45) is 1.59. The van der Waals surface area contributed by atoms with Crippen LogP contribution < -0.4 is 5.32 Å². The van der Waals surface area contributed by atoms with E-state index in [4.69, 9.17) is 4.42 Å². The minimum Gasteiger partial charge on any atom is -0.463 e. The molecule has 0 aliphatic carbocycles. The summed E-state index contributed by atoms with van der Waals surface area (Å²) >= 11 is 0. The Hall–Kier alpha value is -4.71. The number of hydrogen-bond donors (Lipinski definition) is 2. The van der Waals surface area contributed by atoms with Crippen LogP contribution in [0.25, 0.3) is 44.8 Å². The summed E-state index contributed by atoms with van der Waals surface area (Å²) in [5.74, 6) is 1.19. The molecule has 0 fully saturated rings. The van der Waals surface area contributed by atoms with Crippen molar-refractivity contribution in [2.75, 3.05) is 5.32 Å². The minimum absolute atomic E-state index is 0.210. The van der Waals surface area contributed by atoms with E-state index in [0.717, 1.165) is 33.3 Å². The second-order valence-electron chi connectivity index (χ2n) is 7.68. The number of benzene rings is 3. The standard InChI is InChI=1S/C27H18N4O2/c32-27(20-16-24(25-10-5-15-33-25)29-21-7-2-1-6-19(20)21)28-18-13-11-17(12-14-18)26-30-22-8-3-4-9-23(22)31-26/h1-16H,(H,28,32)(H,30,31). The number of para-hydroxylation sites is 3. The molecule has 6 heteroatoms. The van der Waals surface area contributed by atoms with Crippen LogP contribution in [0.4, 0.5) is 5.69 Å². The highest BCUT2D eigenvalue weighted by atomic mass is 16.3. The number of rotatable bonds is 4. The van der Waals surface area contributed by atoms with E-state index < -0.39 is 0 Å². The fourth-order valence-corrected chi connectivity index (χ4v) is 3.91. The summed E-state index contributed by atoms with van der Waals surface area (Å²) in [5, 5.41) is 3.78. The molecular formula is C27H18N4O2. The molecule has 0 saturated carbocycles. The molecule has 3 aromatic heterocycles. The van der Waals surface area contributed by atoms with E-state index in [1.54, 1.807) is 18.4 Å². The fraction of sp³-hybridized carbons (Fsp3) is 0. The van der Waals surface area contributed by atoms with E-state index in [9.17, 15) is 4.79 Å². The zero-order chi connectivity index (χ0) is 22.2. The molecule has 3 aromatic carbocycles. The van der Waals surface area contributed by atoms with Crippen molar-refractivity contribution in [1.82, 2.24) is 15.0 Å². The van der Waals surface area contributed by atoms with Crippen molar-refractivity contribution in [1.29, 1.82) is 0 Å². The molecule has 0 atom stereocenters. The summed E-state index contributed by atoms with van der Waals surface area (Å²) in [4.78, 5) is 25.8. The largest absolute Gasteiger partial charge is 0.463 e. The minimum atomic E-state index is -0.210. The van der Waals surface area contributed by atoms with Crippen molar-refractivity contribution in [2.45, 2.75) is 0 Å². The van der Waals surface area contributed by atoms with Gasteiger partial charge in [-0.3, -0.25) is 4.79 Å². The van der Waals surface area contributed by atoms with Gasteiger partial charge in [-0.15, -0.1) is 0 Å². The Balaban J connectivity index is 1.31. The van der Waals surface area contributed by atoms with E-state index in [2.05, 4.69) is 20.3 Å². The van der Waals surface area contributed by atoms with Gasteiger partial charge in [0, 0.05) is 16.6 Å². The van der Waals surface area contributed by atoms with Crippen LogP contribution in [0.2, 0.25) is 0 Å². The number of H-pyrrole nitrogens is 1. The van der Waals surface area contributed by atoms with Gasteiger partial charge in [0.25, 0.3) is 5.91 Å². The SMILES string of the molecule is O=C(Nc1ccc(-c2nc3ccccc3[nH]2)cc1)c1cc(-c2ccco2)nc2ccccc12. The molecule has 0 aliphatic rings. The van der Waals surface area contributed by atoms with Crippen molar-refractivity contribution in [3.63, 3.8) is 0 Å². The number of pyridine rings is 1. The zero-order valence-electron chi connectivity index (χ0n) is 17.4. The summed E-state index contributed by atoms with van der Waals surface area (Å²) < 4.78 is 5.50. The molecule has 0 saturated heterocycles. The second-order valence-corrected chi connectivity index (χ2v) is 7.68. The molecule has 3 heterocycles. The monoisotopic (exact) mass is 430 g/mol. The van der Waals surface area contributed by atoms with Crippen LogP contribution in [-0.4, -0.2) is 20.9 Å². The Morgan fingerprint density at radius 3 is 2.39 bits per heavy atom. The van der Waals surface area contributed by atoms with Crippen LogP contribution in [0.15, 0.2) is 102 Å². The first-order chi connectivity index (χ1) is 16.2. The Kier molecular flexibility index (Phi) is 4.47. The van der Waals surface area contributed by atoms with Crippen LogP contribution in [-0.2, 0) is 0 Å². The van der Waals surface area contributed by atoms with Crippen LogP contribution in [0.3, 0.4) is 0 Å². The number of hydrogen-bond acceptors (Lipinski definition) is 4. The van der Waals surface area contributed by atoms with Gasteiger partial charge in [0.15, 0.2) is 5.76 Å². The molecule has 0 unspecified atom stereocenters. The molecule has 0 aliphatic heterocycles. The lowest BCUT2D eigenvalue weighted by molar-refractivity contribution is 0.102. The highest BCUT2D eigenvalue weighted by molar-refractivity contribution is 6.13. The third kappa shape index (κ3) is 3.53. The van der Waals surface area contributed by atoms with Gasteiger partial charge in [0.2, 0.25) is 0 Å². The summed E-state index contributed by atoms with van der Waals surface area (Å²) in [6, 6.07) is 28.5. The Labute approximate surface area is 188 Å². The summed E-state index contributed by atoms with van der Waals surface area (Å²) in [6.45, 7) is 0. The van der Waals surface area contributed by atoms with Crippen molar-refractivity contribution < 1.29 is 9.21 Å². The van der Waals surface area contributed by atoms with Crippen LogP contribution >= 0.6 is 0 Å². The van der Waals surface area contributed by atoms with Gasteiger partial charge < -0.3 is 14.7 Å². The van der Waals surface area contributed by atoms with Crippen molar-refractivity contribution >= 4 is 33.5 Å². The molecule has 6 rings (SSSR count). The van der Waals surface area contributed by atoms with Crippen LogP contribution in [0, 0.1) is 0 Å². The predicted molar refractivity (Wildman–Crippen MR) is 129 cm³/mol. The lowest BCUT2D eigenvalue weighted by Crippen LogP contribution is -2.13. The van der Waals surface area contributed by atoms with E-state index in [1.807, 2.05) is 78.9 Å². The highest BCUT2D eigenvalue weighted by Crippen LogP contribution is 2.27. The molecule has 158 valence electrons. The normalized spacial score (nSPS) is 11.2. The third-order valence-electron chi connectivity index (χ3n) is 5.54. The number of amides is 1. The van der Waals surface area contributed by atoms with Crippen molar-refractivity contribution in [3.8, 4) is 22.8 Å². The van der Waals surface area contributed by atoms with Gasteiger partial charge in [-0.05, 0) is 60.7 Å². The lowest BCUT2D eigenvalue weighted by atomic mass is 10.1. The number of imidazole rings is 1. The Morgan fingerprint density at radius 2 is 1.61 bits per heavy atom. The summed E-state index contributed by atoms with van der Waals surface area (Å²) in [7, 11) is 0. The first-order valence-corrected chi connectivity index (χ1v) is 10.5. The van der Waals surface area contributed by atoms with E-state index in [1.165, 1.54) is 0 Å². The summed E-state index contributed by atoms with van der Waals surface area (Å²) in [5.41, 5.74) is 5.43. The third-order valence-corrected chi connectivity index (χ3v) is 5.54. The average Bonchev–Trinajstić information content (AvgIpc) is 3.54. The van der Waals surface area contributed by atoms with Gasteiger partial charge in [-0.1, -0.05) is 30.3 Å². The first-order valence-electron chi connectivity index (χ1n) is 10.5. The number of aromatic amines is 1. The molecule has 33 heavy (non-hydrogen) atoms. The topological polar surface area (TPSA) is 83.8 Å². The second kappa shape index (κ2) is 7.76. The number of nitrogens with zero attached hydrogens (tertiary/aromatic N) is 2. The maximum atomic E-state index is 13.2. The van der Waals surface area contributed by atoms with Gasteiger partial charge in [-0.25, -0.2) is 9.97 Å².